The summed E-state index contributed by atoms with van der Waals surface area (Å²) >= 11 is 0. The first-order valence-electron chi connectivity index (χ1n) is 36.5. The van der Waals surface area contributed by atoms with Crippen LogP contribution in [0.15, 0.2) is 48.6 Å². The summed E-state index contributed by atoms with van der Waals surface area (Å²) in [4.78, 5) is 13.3. The molecule has 11 heteroatoms. The molecule has 1 aliphatic heterocycles. The predicted molar refractivity (Wildman–Crippen MR) is 358 cm³/mol. The molecule has 0 bridgehead atoms. The Bertz CT molecular complexity index is 1520. The highest BCUT2D eigenvalue weighted by atomic mass is 16.7. The van der Waals surface area contributed by atoms with Gasteiger partial charge in [0.15, 0.2) is 6.29 Å². The third-order valence-electron chi connectivity index (χ3n) is 17.6. The molecule has 0 aliphatic carbocycles. The third kappa shape index (κ3) is 49.5. The Balaban J connectivity index is 2.21. The van der Waals surface area contributed by atoms with E-state index in [1.54, 1.807) is 0 Å². The predicted octanol–water partition coefficient (Wildman–Crippen LogP) is 17.9. The first-order chi connectivity index (χ1) is 41.7. The van der Waals surface area contributed by atoms with Crippen molar-refractivity contribution in [3.05, 3.63) is 48.6 Å². The first-order valence-corrected chi connectivity index (χ1v) is 36.5. The second-order valence-electron chi connectivity index (χ2n) is 25.6. The number of carbonyl (C=O) groups excluding carboxylic acids is 1. The fourth-order valence-electron chi connectivity index (χ4n) is 11.7. The third-order valence-corrected chi connectivity index (χ3v) is 17.6. The summed E-state index contributed by atoms with van der Waals surface area (Å²) in [7, 11) is 0. The molecule has 0 saturated carbocycles. The Morgan fingerprint density at radius 2 is 0.741 bits per heavy atom. The van der Waals surface area contributed by atoms with Crippen LogP contribution in [0.25, 0.3) is 0 Å². The Labute approximate surface area is 523 Å². The number of allylic oxidation sites excluding steroid dienone is 8. The average Bonchev–Trinajstić information content (AvgIpc) is 3.51. The number of amides is 1. The van der Waals surface area contributed by atoms with Crippen molar-refractivity contribution in [3.63, 3.8) is 0 Å². The van der Waals surface area contributed by atoms with Crippen LogP contribution in [-0.4, -0.2) is 110 Å². The van der Waals surface area contributed by atoms with E-state index in [1.807, 2.05) is 0 Å². The van der Waals surface area contributed by atoms with Gasteiger partial charge in [0.05, 0.1) is 25.4 Å². The summed E-state index contributed by atoms with van der Waals surface area (Å²) in [5.74, 6) is -0.706. The maximum absolute atomic E-state index is 13.3. The van der Waals surface area contributed by atoms with E-state index >= 15 is 0 Å². The SMILES string of the molecule is CCCCCCCCCCC/C=C\C/C=C\CCCCCCCCCCCCCCCCCCC(O)C(=O)NC(COC1OC(CO)C(O)C(O)C1O)C(O)C(O)CCC/C=C/CC/C=C/CCCCCCCCCCCCCCCCCCC. The molecule has 1 saturated heterocycles. The van der Waals surface area contributed by atoms with Crippen molar-refractivity contribution < 1.29 is 50.0 Å². The van der Waals surface area contributed by atoms with Gasteiger partial charge < -0.3 is 50.5 Å². The van der Waals surface area contributed by atoms with Crippen molar-refractivity contribution in [2.75, 3.05) is 13.2 Å². The highest BCUT2D eigenvalue weighted by molar-refractivity contribution is 5.80. The van der Waals surface area contributed by atoms with E-state index in [9.17, 15) is 40.5 Å². The largest absolute Gasteiger partial charge is 0.394 e. The van der Waals surface area contributed by atoms with E-state index < -0.39 is 74.2 Å². The molecule has 1 fully saturated rings. The summed E-state index contributed by atoms with van der Waals surface area (Å²) < 4.78 is 11.2. The first kappa shape index (κ1) is 81.1. The van der Waals surface area contributed by atoms with E-state index in [-0.39, 0.29) is 12.8 Å². The van der Waals surface area contributed by atoms with Gasteiger partial charge in [-0.05, 0) is 83.5 Å². The van der Waals surface area contributed by atoms with Crippen LogP contribution >= 0.6 is 0 Å². The Hall–Kier alpha value is -1.93. The Morgan fingerprint density at radius 1 is 0.412 bits per heavy atom. The molecule has 500 valence electrons. The summed E-state index contributed by atoms with van der Waals surface area (Å²) in [5, 5.41) is 76.5. The highest BCUT2D eigenvalue weighted by Gasteiger charge is 2.44. The standard InChI is InChI=1S/C74H139NO10/c1-3-5-7-9-11-13-15-17-19-21-23-25-27-29-31-32-33-34-35-36-38-40-42-44-46-48-50-52-54-56-58-60-62-67(78)73(83)75-65(64-84-74-72(82)71(81)70(80)68(63-76)85-74)69(79)66(77)61-59-57-55-53-51-49-47-45-43-41-39-37-30-28-26-24-22-20-18-16-14-12-10-8-6-4-2/h23,25,29,31,45,47,53,55,65-72,74,76-82H,3-22,24,26-28,30,32-44,46,48-52,54,56-64H2,1-2H3,(H,75,83)/b25-23-,31-29-,47-45+,55-53+. The number of hydrogen-bond acceptors (Lipinski definition) is 10. The van der Waals surface area contributed by atoms with Crippen LogP contribution < -0.4 is 5.32 Å². The number of nitrogens with one attached hydrogen (secondary N) is 1. The topological polar surface area (TPSA) is 189 Å². The fourth-order valence-corrected chi connectivity index (χ4v) is 11.7. The van der Waals surface area contributed by atoms with Crippen LogP contribution in [0.1, 0.15) is 348 Å². The molecule has 1 rings (SSSR count). The number of aliphatic hydroxyl groups excluding tert-OH is 7. The summed E-state index contributed by atoms with van der Waals surface area (Å²) in [5.41, 5.74) is 0. The molecule has 0 aromatic heterocycles. The number of rotatable bonds is 64. The van der Waals surface area contributed by atoms with E-state index in [0.29, 0.717) is 19.3 Å². The summed E-state index contributed by atoms with van der Waals surface area (Å²) in [6.45, 7) is 3.49. The van der Waals surface area contributed by atoms with E-state index in [0.717, 1.165) is 44.9 Å². The van der Waals surface area contributed by atoms with Gasteiger partial charge in [0, 0.05) is 0 Å². The van der Waals surface area contributed by atoms with E-state index in [1.165, 1.54) is 257 Å². The lowest BCUT2D eigenvalue weighted by Gasteiger charge is -2.40. The lowest BCUT2D eigenvalue weighted by atomic mass is 9.98. The van der Waals surface area contributed by atoms with Gasteiger partial charge in [-0.3, -0.25) is 4.79 Å². The molecule has 11 nitrogen and oxygen atoms in total. The molecule has 85 heavy (non-hydrogen) atoms. The molecular weight excluding hydrogens is 1060 g/mol. The van der Waals surface area contributed by atoms with Gasteiger partial charge in [-0.1, -0.05) is 313 Å². The van der Waals surface area contributed by atoms with Crippen LogP contribution in [0.3, 0.4) is 0 Å². The molecule has 0 spiro atoms. The highest BCUT2D eigenvalue weighted by Crippen LogP contribution is 2.24. The van der Waals surface area contributed by atoms with Gasteiger partial charge in [0.25, 0.3) is 0 Å². The molecule has 1 heterocycles. The second-order valence-corrected chi connectivity index (χ2v) is 25.6. The van der Waals surface area contributed by atoms with Crippen molar-refractivity contribution in [2.24, 2.45) is 0 Å². The second kappa shape index (κ2) is 62.3. The van der Waals surface area contributed by atoms with Crippen LogP contribution in [0.5, 0.6) is 0 Å². The maximum atomic E-state index is 13.3. The van der Waals surface area contributed by atoms with Crippen LogP contribution in [0.2, 0.25) is 0 Å². The minimum absolute atomic E-state index is 0.247. The number of aliphatic hydroxyl groups is 7. The molecule has 1 amide bonds. The van der Waals surface area contributed by atoms with Gasteiger partial charge in [0.2, 0.25) is 5.91 Å². The lowest BCUT2D eigenvalue weighted by Crippen LogP contribution is -2.60. The smallest absolute Gasteiger partial charge is 0.249 e. The van der Waals surface area contributed by atoms with Crippen molar-refractivity contribution in [1.29, 1.82) is 0 Å². The van der Waals surface area contributed by atoms with Gasteiger partial charge in [0.1, 0.15) is 36.6 Å². The van der Waals surface area contributed by atoms with Crippen LogP contribution in [0, 0.1) is 0 Å². The monoisotopic (exact) mass is 1200 g/mol. The normalized spacial score (nSPS) is 19.1. The molecule has 0 aromatic rings. The summed E-state index contributed by atoms with van der Waals surface area (Å²) in [6.07, 6.45) is 70.6. The fraction of sp³-hybridized carbons (Fsp3) is 0.878. The van der Waals surface area contributed by atoms with Gasteiger partial charge in [-0.25, -0.2) is 0 Å². The molecular formula is C74H139NO10. The van der Waals surface area contributed by atoms with Crippen molar-refractivity contribution in [3.8, 4) is 0 Å². The van der Waals surface area contributed by atoms with Gasteiger partial charge in [-0.15, -0.1) is 0 Å². The number of unbranched alkanes of at least 4 members (excludes halogenated alkanes) is 44. The molecule has 9 unspecified atom stereocenters. The Morgan fingerprint density at radius 3 is 1.12 bits per heavy atom. The maximum Gasteiger partial charge on any atom is 0.249 e. The lowest BCUT2D eigenvalue weighted by molar-refractivity contribution is -0.303. The quantitative estimate of drug-likeness (QED) is 0.0215. The molecule has 0 aromatic carbocycles. The summed E-state index contributed by atoms with van der Waals surface area (Å²) in [6, 6.07) is -1.19. The van der Waals surface area contributed by atoms with Crippen molar-refractivity contribution >= 4 is 5.91 Å². The van der Waals surface area contributed by atoms with Gasteiger partial charge in [-0.2, -0.15) is 0 Å². The number of ether oxygens (including phenoxy) is 2. The minimum Gasteiger partial charge on any atom is -0.394 e. The van der Waals surface area contributed by atoms with Crippen LogP contribution in [0.4, 0.5) is 0 Å². The van der Waals surface area contributed by atoms with Crippen molar-refractivity contribution in [2.45, 2.75) is 403 Å². The van der Waals surface area contributed by atoms with E-state index in [4.69, 9.17) is 9.47 Å². The minimum atomic E-state index is -1.67. The zero-order valence-electron chi connectivity index (χ0n) is 55.4. The zero-order valence-corrected chi connectivity index (χ0v) is 55.4. The number of hydrogen-bond donors (Lipinski definition) is 8. The van der Waals surface area contributed by atoms with Crippen molar-refractivity contribution in [1.82, 2.24) is 5.32 Å². The Kier molecular flexibility index (Phi) is 59.4. The molecule has 9 atom stereocenters. The van der Waals surface area contributed by atoms with Crippen LogP contribution in [-0.2, 0) is 14.3 Å². The van der Waals surface area contributed by atoms with E-state index in [2.05, 4.69) is 67.8 Å². The van der Waals surface area contributed by atoms with Gasteiger partial charge >= 0.3 is 0 Å². The average molecular weight is 1200 g/mol. The molecule has 8 N–H and O–H groups in total. The zero-order chi connectivity index (χ0) is 61.7. The molecule has 0 radical (unpaired) electrons. The number of carbonyl (C=O) groups is 1. The molecule has 1 aliphatic rings.